The third-order valence-corrected chi connectivity index (χ3v) is 2.95. The summed E-state index contributed by atoms with van der Waals surface area (Å²) < 4.78 is 5.31. The molecule has 2 rings (SSSR count). The summed E-state index contributed by atoms with van der Waals surface area (Å²) in [5.41, 5.74) is 1.26. The summed E-state index contributed by atoms with van der Waals surface area (Å²) in [6.45, 7) is 1.78. The van der Waals surface area contributed by atoms with E-state index in [1.54, 1.807) is 0 Å². The van der Waals surface area contributed by atoms with Gasteiger partial charge in [-0.05, 0) is 18.4 Å². The maximum absolute atomic E-state index is 9.34. The first kappa shape index (κ1) is 11.6. The van der Waals surface area contributed by atoms with Crippen molar-refractivity contribution in [1.29, 1.82) is 0 Å². The standard InChI is InChI=1S/C13H19NO2/c15-9-13(14-12-6-7-16-10-12)8-11-4-2-1-3-5-11/h1-5,12-15H,6-10H2/t12?,13-/m1/s1. The molecule has 0 radical (unpaired) electrons. The summed E-state index contributed by atoms with van der Waals surface area (Å²) in [4.78, 5) is 0. The summed E-state index contributed by atoms with van der Waals surface area (Å²) in [6.07, 6.45) is 1.92. The van der Waals surface area contributed by atoms with Crippen molar-refractivity contribution >= 4 is 0 Å². The van der Waals surface area contributed by atoms with Crippen LogP contribution in [0.5, 0.6) is 0 Å². The fourth-order valence-corrected chi connectivity index (χ4v) is 2.07. The zero-order valence-corrected chi connectivity index (χ0v) is 9.43. The van der Waals surface area contributed by atoms with Crippen molar-refractivity contribution in [2.75, 3.05) is 19.8 Å². The Kier molecular flexibility index (Phi) is 4.34. The molecule has 16 heavy (non-hydrogen) atoms. The highest BCUT2D eigenvalue weighted by Crippen LogP contribution is 2.08. The summed E-state index contributed by atoms with van der Waals surface area (Å²) in [7, 11) is 0. The van der Waals surface area contributed by atoms with Crippen molar-refractivity contribution in [1.82, 2.24) is 5.32 Å². The molecule has 1 fully saturated rings. The first-order chi connectivity index (χ1) is 7.88. The van der Waals surface area contributed by atoms with Gasteiger partial charge in [0.15, 0.2) is 0 Å². The highest BCUT2D eigenvalue weighted by molar-refractivity contribution is 5.16. The lowest BCUT2D eigenvalue weighted by molar-refractivity contribution is 0.180. The molecule has 3 heteroatoms. The average Bonchev–Trinajstić information content (AvgIpc) is 2.82. The number of nitrogens with one attached hydrogen (secondary N) is 1. The Bertz CT molecular complexity index is 296. The molecular weight excluding hydrogens is 202 g/mol. The van der Waals surface area contributed by atoms with Crippen LogP contribution in [0.25, 0.3) is 0 Å². The SMILES string of the molecule is OC[C@@H](Cc1ccccc1)NC1CCOC1. The molecule has 1 heterocycles. The Morgan fingerprint density at radius 1 is 1.38 bits per heavy atom. The van der Waals surface area contributed by atoms with Crippen LogP contribution in [-0.2, 0) is 11.2 Å². The van der Waals surface area contributed by atoms with Crippen LogP contribution in [0.2, 0.25) is 0 Å². The summed E-state index contributed by atoms with van der Waals surface area (Å²) in [5, 5.41) is 12.8. The quantitative estimate of drug-likeness (QED) is 0.778. The van der Waals surface area contributed by atoms with Crippen LogP contribution in [0.1, 0.15) is 12.0 Å². The lowest BCUT2D eigenvalue weighted by atomic mass is 10.1. The van der Waals surface area contributed by atoms with Crippen molar-refractivity contribution in [2.24, 2.45) is 0 Å². The van der Waals surface area contributed by atoms with Gasteiger partial charge in [-0.3, -0.25) is 0 Å². The van der Waals surface area contributed by atoms with Crippen molar-refractivity contribution in [2.45, 2.75) is 24.9 Å². The second-order valence-electron chi connectivity index (χ2n) is 4.30. The van der Waals surface area contributed by atoms with Gasteiger partial charge >= 0.3 is 0 Å². The van der Waals surface area contributed by atoms with E-state index < -0.39 is 0 Å². The Hall–Kier alpha value is -0.900. The third-order valence-electron chi connectivity index (χ3n) is 2.95. The van der Waals surface area contributed by atoms with Gasteiger partial charge in [-0.25, -0.2) is 0 Å². The van der Waals surface area contributed by atoms with Crippen molar-refractivity contribution in [3.8, 4) is 0 Å². The number of hydrogen-bond donors (Lipinski definition) is 2. The van der Waals surface area contributed by atoms with Gasteiger partial charge in [0.1, 0.15) is 0 Å². The zero-order chi connectivity index (χ0) is 11.2. The van der Waals surface area contributed by atoms with Crippen LogP contribution >= 0.6 is 0 Å². The predicted octanol–water partition coefficient (Wildman–Crippen LogP) is 0.968. The fourth-order valence-electron chi connectivity index (χ4n) is 2.07. The molecule has 1 aromatic carbocycles. The van der Waals surface area contributed by atoms with E-state index in [1.807, 2.05) is 18.2 Å². The molecule has 2 N–H and O–H groups in total. The Morgan fingerprint density at radius 3 is 2.81 bits per heavy atom. The van der Waals surface area contributed by atoms with Gasteiger partial charge in [0.25, 0.3) is 0 Å². The topological polar surface area (TPSA) is 41.5 Å². The molecule has 3 nitrogen and oxygen atoms in total. The number of rotatable bonds is 5. The van der Waals surface area contributed by atoms with Crippen LogP contribution in [-0.4, -0.2) is 37.0 Å². The van der Waals surface area contributed by atoms with Gasteiger partial charge in [-0.1, -0.05) is 30.3 Å². The number of aliphatic hydroxyl groups excluding tert-OH is 1. The van der Waals surface area contributed by atoms with E-state index >= 15 is 0 Å². The molecule has 0 aromatic heterocycles. The van der Waals surface area contributed by atoms with Gasteiger partial charge in [0, 0.05) is 18.7 Å². The lowest BCUT2D eigenvalue weighted by Crippen LogP contribution is -2.42. The maximum atomic E-state index is 9.34. The number of hydrogen-bond acceptors (Lipinski definition) is 3. The van der Waals surface area contributed by atoms with Crippen LogP contribution in [0.4, 0.5) is 0 Å². The predicted molar refractivity (Wildman–Crippen MR) is 63.4 cm³/mol. The molecule has 88 valence electrons. The highest BCUT2D eigenvalue weighted by Gasteiger charge is 2.19. The van der Waals surface area contributed by atoms with E-state index in [9.17, 15) is 5.11 Å². The van der Waals surface area contributed by atoms with Crippen LogP contribution in [0.3, 0.4) is 0 Å². The molecule has 1 aromatic rings. The van der Waals surface area contributed by atoms with Gasteiger partial charge < -0.3 is 15.2 Å². The minimum Gasteiger partial charge on any atom is -0.395 e. The fraction of sp³-hybridized carbons (Fsp3) is 0.538. The van der Waals surface area contributed by atoms with Gasteiger partial charge in [0.2, 0.25) is 0 Å². The maximum Gasteiger partial charge on any atom is 0.0620 e. The molecule has 0 aliphatic carbocycles. The third kappa shape index (κ3) is 3.30. The summed E-state index contributed by atoms with van der Waals surface area (Å²) in [6, 6.07) is 10.8. The minimum absolute atomic E-state index is 0.133. The van der Waals surface area contributed by atoms with Gasteiger partial charge in [-0.2, -0.15) is 0 Å². The van der Waals surface area contributed by atoms with Crippen LogP contribution in [0, 0.1) is 0 Å². The smallest absolute Gasteiger partial charge is 0.0620 e. The molecule has 0 saturated carbocycles. The van der Waals surface area contributed by atoms with E-state index in [4.69, 9.17) is 4.74 Å². The summed E-state index contributed by atoms with van der Waals surface area (Å²) >= 11 is 0. The Morgan fingerprint density at radius 2 is 2.19 bits per heavy atom. The normalized spacial score (nSPS) is 22.2. The van der Waals surface area contributed by atoms with Crippen molar-refractivity contribution in [3.63, 3.8) is 0 Å². The highest BCUT2D eigenvalue weighted by atomic mass is 16.5. The molecule has 0 bridgehead atoms. The monoisotopic (exact) mass is 221 g/mol. The molecule has 1 aliphatic heterocycles. The van der Waals surface area contributed by atoms with Crippen LogP contribution in [0.15, 0.2) is 30.3 Å². The van der Waals surface area contributed by atoms with Crippen LogP contribution < -0.4 is 5.32 Å². The number of aliphatic hydroxyl groups is 1. The molecule has 1 aliphatic rings. The van der Waals surface area contributed by atoms with Crippen molar-refractivity contribution < 1.29 is 9.84 Å². The van der Waals surface area contributed by atoms with Gasteiger partial charge in [0.05, 0.1) is 13.2 Å². The minimum atomic E-state index is 0.133. The lowest BCUT2D eigenvalue weighted by Gasteiger charge is -2.20. The second-order valence-corrected chi connectivity index (χ2v) is 4.30. The van der Waals surface area contributed by atoms with E-state index in [2.05, 4.69) is 17.4 Å². The summed E-state index contributed by atoms with van der Waals surface area (Å²) in [5.74, 6) is 0. The molecule has 1 saturated heterocycles. The Balaban J connectivity index is 1.85. The number of benzene rings is 1. The van der Waals surface area contributed by atoms with E-state index in [-0.39, 0.29) is 12.6 Å². The van der Waals surface area contributed by atoms with E-state index in [0.717, 1.165) is 26.1 Å². The molecule has 1 unspecified atom stereocenters. The first-order valence-electron chi connectivity index (χ1n) is 5.87. The Labute approximate surface area is 96.4 Å². The largest absolute Gasteiger partial charge is 0.395 e. The first-order valence-corrected chi connectivity index (χ1v) is 5.87. The average molecular weight is 221 g/mol. The molecule has 2 atom stereocenters. The number of ether oxygens (including phenoxy) is 1. The van der Waals surface area contributed by atoms with Crippen molar-refractivity contribution in [3.05, 3.63) is 35.9 Å². The molecule has 0 spiro atoms. The second kappa shape index (κ2) is 5.99. The van der Waals surface area contributed by atoms with E-state index in [0.29, 0.717) is 6.04 Å². The zero-order valence-electron chi connectivity index (χ0n) is 9.43. The van der Waals surface area contributed by atoms with Gasteiger partial charge in [-0.15, -0.1) is 0 Å². The van der Waals surface area contributed by atoms with E-state index in [1.165, 1.54) is 5.56 Å². The molecule has 0 amide bonds. The molecular formula is C13H19NO2.